The van der Waals surface area contributed by atoms with Crippen molar-refractivity contribution in [1.29, 1.82) is 0 Å². The number of hydrogen-bond donors (Lipinski definition) is 1. The summed E-state index contributed by atoms with van der Waals surface area (Å²) in [5, 5.41) is 2.91. The number of anilines is 1. The van der Waals surface area contributed by atoms with Crippen molar-refractivity contribution in [3.63, 3.8) is 0 Å². The van der Waals surface area contributed by atoms with E-state index in [4.69, 9.17) is 4.74 Å². The number of carbonyl (C=O) groups is 1. The Morgan fingerprint density at radius 2 is 1.72 bits per heavy atom. The van der Waals surface area contributed by atoms with E-state index < -0.39 is 16.1 Å². The monoisotopic (exact) mass is 370 g/mol. The van der Waals surface area contributed by atoms with Crippen LogP contribution in [0.1, 0.15) is 41.0 Å². The Bertz CT molecular complexity index is 656. The molecule has 0 radical (unpaired) electrons. The Morgan fingerprint density at radius 3 is 2.12 bits per heavy atom. The molecular weight excluding hydrogens is 340 g/mol. The van der Waals surface area contributed by atoms with Crippen LogP contribution < -0.4 is 14.4 Å². The molecule has 0 fully saturated rings. The van der Waals surface area contributed by atoms with Gasteiger partial charge in [0.25, 0.3) is 0 Å². The quantitative estimate of drug-likeness (QED) is 0.725. The maximum atomic E-state index is 12.7. The van der Waals surface area contributed by atoms with E-state index in [9.17, 15) is 13.2 Å². The number of nitrogens with one attached hydrogen (secondary N) is 1. The molecule has 1 amide bonds. The number of nitrogens with zero attached hydrogens (tertiary/aromatic N) is 1. The van der Waals surface area contributed by atoms with E-state index in [0.717, 1.165) is 6.26 Å². The summed E-state index contributed by atoms with van der Waals surface area (Å²) in [5.41, 5.74) is 0.449. The van der Waals surface area contributed by atoms with Gasteiger partial charge in [0.2, 0.25) is 15.9 Å². The molecule has 0 aromatic heterocycles. The van der Waals surface area contributed by atoms with Crippen LogP contribution in [-0.2, 0) is 14.8 Å². The van der Waals surface area contributed by atoms with Gasteiger partial charge in [0, 0.05) is 6.04 Å². The van der Waals surface area contributed by atoms with Gasteiger partial charge in [-0.05, 0) is 50.5 Å². The van der Waals surface area contributed by atoms with Crippen molar-refractivity contribution in [2.75, 3.05) is 17.2 Å². The highest BCUT2D eigenvalue weighted by Gasteiger charge is 2.32. The molecule has 7 heteroatoms. The predicted octanol–water partition coefficient (Wildman–Crippen LogP) is 2.79. The van der Waals surface area contributed by atoms with Gasteiger partial charge in [0.15, 0.2) is 0 Å². The molecule has 1 aromatic carbocycles. The minimum absolute atomic E-state index is 0.0386. The second-order valence-electron chi connectivity index (χ2n) is 6.45. The summed E-state index contributed by atoms with van der Waals surface area (Å²) in [6, 6.07) is 5.90. The van der Waals surface area contributed by atoms with Crippen LogP contribution in [0.4, 0.5) is 5.69 Å². The number of benzene rings is 1. The lowest BCUT2D eigenvalue weighted by molar-refractivity contribution is -0.123. The van der Waals surface area contributed by atoms with E-state index in [0.29, 0.717) is 24.5 Å². The van der Waals surface area contributed by atoms with Crippen LogP contribution in [0.25, 0.3) is 0 Å². The molecule has 0 aliphatic heterocycles. The van der Waals surface area contributed by atoms with Gasteiger partial charge in [-0.2, -0.15) is 0 Å². The average Bonchev–Trinajstić information content (AvgIpc) is 2.52. The SMILES string of the molecule is CCOc1ccc(N([C@H](CC)C(=O)N[C@H](C)C(C)C)S(C)(=O)=O)cc1. The highest BCUT2D eigenvalue weighted by molar-refractivity contribution is 7.92. The van der Waals surface area contributed by atoms with E-state index in [-0.39, 0.29) is 17.9 Å². The number of hydrogen-bond acceptors (Lipinski definition) is 4. The third-order valence-electron chi connectivity index (χ3n) is 4.10. The van der Waals surface area contributed by atoms with Gasteiger partial charge in [0.05, 0.1) is 18.6 Å². The first-order valence-corrected chi connectivity index (χ1v) is 10.5. The molecule has 0 saturated carbocycles. The molecule has 0 unspecified atom stereocenters. The lowest BCUT2D eigenvalue weighted by Crippen LogP contribution is -2.51. The zero-order valence-electron chi connectivity index (χ0n) is 15.9. The number of amides is 1. The maximum Gasteiger partial charge on any atom is 0.244 e. The molecule has 25 heavy (non-hydrogen) atoms. The van der Waals surface area contributed by atoms with Gasteiger partial charge < -0.3 is 10.1 Å². The van der Waals surface area contributed by atoms with Crippen molar-refractivity contribution < 1.29 is 17.9 Å². The fraction of sp³-hybridized carbons (Fsp3) is 0.611. The van der Waals surface area contributed by atoms with Crippen molar-refractivity contribution in [2.24, 2.45) is 5.92 Å². The zero-order valence-corrected chi connectivity index (χ0v) is 16.8. The Kier molecular flexibility index (Phi) is 7.73. The van der Waals surface area contributed by atoms with Gasteiger partial charge in [-0.15, -0.1) is 0 Å². The Hall–Kier alpha value is -1.76. The molecule has 142 valence electrons. The average molecular weight is 371 g/mol. The minimum Gasteiger partial charge on any atom is -0.494 e. The van der Waals surface area contributed by atoms with Crippen LogP contribution in [0.5, 0.6) is 5.75 Å². The Balaban J connectivity index is 3.17. The molecule has 1 rings (SSSR count). The molecule has 0 aliphatic rings. The second-order valence-corrected chi connectivity index (χ2v) is 8.31. The third-order valence-corrected chi connectivity index (χ3v) is 5.28. The summed E-state index contributed by atoms with van der Waals surface area (Å²) in [6.45, 7) is 10.1. The van der Waals surface area contributed by atoms with E-state index in [1.807, 2.05) is 27.7 Å². The summed E-state index contributed by atoms with van der Waals surface area (Å²) in [6.07, 6.45) is 1.49. The first-order chi connectivity index (χ1) is 11.6. The number of ether oxygens (including phenoxy) is 1. The summed E-state index contributed by atoms with van der Waals surface area (Å²) < 4.78 is 31.3. The molecule has 6 nitrogen and oxygen atoms in total. The fourth-order valence-corrected chi connectivity index (χ4v) is 3.62. The van der Waals surface area contributed by atoms with Crippen LogP contribution >= 0.6 is 0 Å². The molecule has 0 bridgehead atoms. The van der Waals surface area contributed by atoms with E-state index in [1.165, 1.54) is 4.31 Å². The molecule has 1 aromatic rings. The summed E-state index contributed by atoms with van der Waals surface area (Å²) >= 11 is 0. The fourth-order valence-electron chi connectivity index (χ4n) is 2.40. The summed E-state index contributed by atoms with van der Waals surface area (Å²) in [5.74, 6) is 0.632. The van der Waals surface area contributed by atoms with Gasteiger partial charge in [-0.3, -0.25) is 9.10 Å². The van der Waals surface area contributed by atoms with Crippen molar-refractivity contribution >= 4 is 21.6 Å². The lowest BCUT2D eigenvalue weighted by atomic mass is 10.1. The first kappa shape index (κ1) is 21.3. The zero-order chi connectivity index (χ0) is 19.2. The molecule has 0 saturated heterocycles. The van der Waals surface area contributed by atoms with Gasteiger partial charge in [-0.1, -0.05) is 20.8 Å². The smallest absolute Gasteiger partial charge is 0.244 e. The number of carbonyl (C=O) groups excluding carboxylic acids is 1. The van der Waals surface area contributed by atoms with Gasteiger partial charge in [0.1, 0.15) is 11.8 Å². The summed E-state index contributed by atoms with van der Waals surface area (Å²) in [4.78, 5) is 12.7. The van der Waals surface area contributed by atoms with Crippen LogP contribution in [0.15, 0.2) is 24.3 Å². The normalized spacial score (nSPS) is 14.0. The molecule has 0 spiro atoms. The second kappa shape index (κ2) is 9.08. The van der Waals surface area contributed by atoms with Crippen molar-refractivity contribution in [3.05, 3.63) is 24.3 Å². The minimum atomic E-state index is -3.62. The number of sulfonamides is 1. The molecule has 0 heterocycles. The molecule has 2 atom stereocenters. The molecule has 0 aliphatic carbocycles. The maximum absolute atomic E-state index is 12.7. The van der Waals surface area contributed by atoms with Crippen LogP contribution in [-0.4, -0.2) is 39.3 Å². The van der Waals surface area contributed by atoms with Crippen LogP contribution in [0.3, 0.4) is 0 Å². The number of rotatable bonds is 9. The van der Waals surface area contributed by atoms with Crippen molar-refractivity contribution in [1.82, 2.24) is 5.32 Å². The first-order valence-electron chi connectivity index (χ1n) is 8.64. The molecule has 1 N–H and O–H groups in total. The van der Waals surface area contributed by atoms with E-state index >= 15 is 0 Å². The molecular formula is C18H30N2O4S. The van der Waals surface area contributed by atoms with E-state index in [2.05, 4.69) is 5.32 Å². The third kappa shape index (κ3) is 5.92. The van der Waals surface area contributed by atoms with Crippen molar-refractivity contribution in [3.8, 4) is 5.75 Å². The van der Waals surface area contributed by atoms with E-state index in [1.54, 1.807) is 31.2 Å². The predicted molar refractivity (Wildman–Crippen MR) is 101 cm³/mol. The Labute approximate surface area is 151 Å². The van der Waals surface area contributed by atoms with Gasteiger partial charge >= 0.3 is 0 Å². The highest BCUT2D eigenvalue weighted by atomic mass is 32.2. The van der Waals surface area contributed by atoms with Crippen molar-refractivity contribution in [2.45, 2.75) is 53.1 Å². The summed E-state index contributed by atoms with van der Waals surface area (Å²) in [7, 11) is -3.62. The Morgan fingerprint density at radius 1 is 1.16 bits per heavy atom. The van der Waals surface area contributed by atoms with Gasteiger partial charge in [-0.25, -0.2) is 8.42 Å². The van der Waals surface area contributed by atoms with Crippen LogP contribution in [0, 0.1) is 5.92 Å². The topological polar surface area (TPSA) is 75.7 Å². The standard InChI is InChI=1S/C18H30N2O4S/c1-7-17(18(21)19-14(5)13(3)4)20(25(6,22)23)15-9-11-16(12-10-15)24-8-2/h9-14,17H,7-8H2,1-6H3,(H,19,21)/t14-,17-/m1/s1. The highest BCUT2D eigenvalue weighted by Crippen LogP contribution is 2.25. The largest absolute Gasteiger partial charge is 0.494 e. The van der Waals surface area contributed by atoms with Crippen LogP contribution in [0.2, 0.25) is 0 Å². The lowest BCUT2D eigenvalue weighted by Gasteiger charge is -2.31.